The number of aromatic nitrogens is 3. The molecule has 2 aliphatic carbocycles. The van der Waals surface area contributed by atoms with E-state index in [1.54, 1.807) is 32.0 Å². The molecular formula is C48H58N8O6. The van der Waals surface area contributed by atoms with Gasteiger partial charge in [0, 0.05) is 58.6 Å². The molecule has 5 amide bonds. The van der Waals surface area contributed by atoms with Crippen LogP contribution in [0.25, 0.3) is 10.9 Å². The van der Waals surface area contributed by atoms with E-state index in [0.717, 1.165) is 92.5 Å². The topological polar surface area (TPSA) is 179 Å². The zero-order valence-corrected chi connectivity index (χ0v) is 36.4. The van der Waals surface area contributed by atoms with Crippen LogP contribution in [0.4, 0.5) is 11.4 Å². The number of hydrogen-bond acceptors (Lipinski definition) is 10. The summed E-state index contributed by atoms with van der Waals surface area (Å²) in [4.78, 5) is 72.9. The highest BCUT2D eigenvalue weighted by Crippen LogP contribution is 2.51. The third kappa shape index (κ3) is 8.03. The van der Waals surface area contributed by atoms with E-state index in [9.17, 15) is 29.1 Å². The molecule has 326 valence electrons. The number of carbonyl (C=O) groups excluding carboxylic acids is 5. The Bertz CT molecular complexity index is 2460. The van der Waals surface area contributed by atoms with E-state index < -0.39 is 29.4 Å². The molecule has 4 fully saturated rings. The van der Waals surface area contributed by atoms with Gasteiger partial charge in [-0.1, -0.05) is 32.9 Å². The van der Waals surface area contributed by atoms with E-state index in [-0.39, 0.29) is 47.6 Å². The maximum Gasteiger partial charge on any atom is 0.274 e. The van der Waals surface area contributed by atoms with Gasteiger partial charge in [-0.3, -0.25) is 38.9 Å². The summed E-state index contributed by atoms with van der Waals surface area (Å²) in [6.07, 6.45) is 11.0. The minimum absolute atomic E-state index is 0.0912. The lowest BCUT2D eigenvalue weighted by Gasteiger charge is -2.53. The maximum atomic E-state index is 13.6. The quantitative estimate of drug-likeness (QED) is 0.133. The summed E-state index contributed by atoms with van der Waals surface area (Å²) in [5.41, 5.74) is 3.23. The number of imide groups is 2. The fourth-order valence-electron chi connectivity index (χ4n) is 10.6. The fourth-order valence-corrected chi connectivity index (χ4v) is 10.6. The van der Waals surface area contributed by atoms with E-state index in [4.69, 9.17) is 5.10 Å². The van der Waals surface area contributed by atoms with Crippen molar-refractivity contribution in [2.45, 2.75) is 128 Å². The van der Waals surface area contributed by atoms with Crippen LogP contribution >= 0.6 is 0 Å². The molecule has 1 unspecified atom stereocenters. The SMILES string of the molecule is CC(C)(C)c1cccc(C(=O)Nc2cc3cn(C4CCC(CN5CCC6(CC5)CC(Nc5cccc7c5C(=O)N(C5CCC(=O)NC5=O)C7=O)C6)CC4)nc3cc2C(C)(C)O)n1. The van der Waals surface area contributed by atoms with Crippen LogP contribution < -0.4 is 16.0 Å². The van der Waals surface area contributed by atoms with Gasteiger partial charge >= 0.3 is 0 Å². The molecule has 2 saturated heterocycles. The second-order valence-corrected chi connectivity index (χ2v) is 20.1. The number of piperidine rings is 2. The maximum absolute atomic E-state index is 13.6. The van der Waals surface area contributed by atoms with E-state index >= 15 is 0 Å². The summed E-state index contributed by atoms with van der Waals surface area (Å²) < 4.78 is 2.09. The van der Waals surface area contributed by atoms with Crippen molar-refractivity contribution in [2.24, 2.45) is 11.3 Å². The number of anilines is 2. The Hall–Kier alpha value is -5.47. The first-order valence-corrected chi connectivity index (χ1v) is 22.3. The molecule has 14 heteroatoms. The van der Waals surface area contributed by atoms with Gasteiger partial charge in [-0.25, -0.2) is 4.98 Å². The minimum Gasteiger partial charge on any atom is -0.386 e. The zero-order chi connectivity index (χ0) is 43.7. The predicted molar refractivity (Wildman–Crippen MR) is 235 cm³/mol. The summed E-state index contributed by atoms with van der Waals surface area (Å²) in [7, 11) is 0. The van der Waals surface area contributed by atoms with Crippen LogP contribution in [0.15, 0.2) is 54.7 Å². The van der Waals surface area contributed by atoms with Crippen molar-refractivity contribution < 1.29 is 29.1 Å². The van der Waals surface area contributed by atoms with Gasteiger partial charge in [-0.15, -0.1) is 0 Å². The third-order valence-electron chi connectivity index (χ3n) is 14.1. The van der Waals surface area contributed by atoms with E-state index in [1.807, 2.05) is 30.3 Å². The molecule has 9 rings (SSSR count). The average Bonchev–Trinajstić information content (AvgIpc) is 3.75. The lowest BCUT2D eigenvalue weighted by atomic mass is 9.60. The number of carbonyl (C=O) groups is 5. The molecule has 2 saturated carbocycles. The first-order chi connectivity index (χ1) is 29.4. The molecule has 0 radical (unpaired) electrons. The molecular weight excluding hydrogens is 785 g/mol. The number of likely N-dealkylation sites (tertiary alicyclic amines) is 1. The molecule has 4 aromatic rings. The van der Waals surface area contributed by atoms with E-state index in [0.29, 0.717) is 39.7 Å². The smallest absolute Gasteiger partial charge is 0.274 e. The van der Waals surface area contributed by atoms with Crippen molar-refractivity contribution in [3.05, 3.63) is 82.8 Å². The fraction of sp³-hybridized carbons (Fsp3) is 0.521. The molecule has 62 heavy (non-hydrogen) atoms. The van der Waals surface area contributed by atoms with Crippen LogP contribution in [-0.2, 0) is 20.6 Å². The van der Waals surface area contributed by atoms with Crippen molar-refractivity contribution in [3.8, 4) is 0 Å². The van der Waals surface area contributed by atoms with Gasteiger partial charge in [-0.2, -0.15) is 5.10 Å². The highest BCUT2D eigenvalue weighted by atomic mass is 16.3. The average molecular weight is 843 g/mol. The number of fused-ring (bicyclic) bond motifs is 2. The van der Waals surface area contributed by atoms with Crippen LogP contribution in [0.3, 0.4) is 0 Å². The van der Waals surface area contributed by atoms with Gasteiger partial charge in [0.25, 0.3) is 17.7 Å². The number of benzene rings is 2. The molecule has 4 N–H and O–H groups in total. The van der Waals surface area contributed by atoms with Crippen LogP contribution in [-0.4, -0.2) is 90.9 Å². The van der Waals surface area contributed by atoms with Gasteiger partial charge in [0.1, 0.15) is 11.7 Å². The second kappa shape index (κ2) is 15.7. The Kier molecular flexibility index (Phi) is 10.6. The number of hydrogen-bond donors (Lipinski definition) is 4. The zero-order valence-electron chi connectivity index (χ0n) is 36.4. The lowest BCUT2D eigenvalue weighted by Crippen LogP contribution is -2.54. The number of aliphatic hydroxyl groups is 1. The van der Waals surface area contributed by atoms with Gasteiger partial charge < -0.3 is 20.6 Å². The van der Waals surface area contributed by atoms with Crippen molar-refractivity contribution in [1.29, 1.82) is 0 Å². The number of rotatable bonds is 9. The Morgan fingerprint density at radius 3 is 2.32 bits per heavy atom. The van der Waals surface area contributed by atoms with Crippen molar-refractivity contribution in [1.82, 2.24) is 29.9 Å². The first-order valence-electron chi connectivity index (χ1n) is 22.3. The summed E-state index contributed by atoms with van der Waals surface area (Å²) in [5, 5.41) is 25.9. The van der Waals surface area contributed by atoms with Gasteiger partial charge in [0.15, 0.2) is 0 Å². The van der Waals surface area contributed by atoms with Gasteiger partial charge in [0.2, 0.25) is 11.8 Å². The van der Waals surface area contributed by atoms with Gasteiger partial charge in [-0.05, 0) is 132 Å². The molecule has 1 atom stereocenters. The van der Waals surface area contributed by atoms with Crippen molar-refractivity contribution in [2.75, 3.05) is 30.3 Å². The Morgan fingerprint density at radius 2 is 1.63 bits per heavy atom. The second-order valence-electron chi connectivity index (χ2n) is 20.1. The Morgan fingerprint density at radius 1 is 0.903 bits per heavy atom. The monoisotopic (exact) mass is 842 g/mol. The van der Waals surface area contributed by atoms with Crippen LogP contribution in [0, 0.1) is 11.3 Å². The third-order valence-corrected chi connectivity index (χ3v) is 14.1. The number of amides is 5. The molecule has 2 aromatic carbocycles. The number of nitrogens with one attached hydrogen (secondary N) is 3. The standard InChI is InChI=1S/C48H58N8O6/c1-46(2,3)39-11-7-10-35(50-39)42(58)51-37-22-29-27-55(53-36(29)23-33(37)47(4,5)62)31-14-12-28(13-15-31)26-54-20-18-48(19-21-54)24-30(25-48)49-34-9-6-8-32-41(34)45(61)56(44(32)60)38-16-17-40(57)52-43(38)59/h6-11,22-23,27-28,30-31,38,49,62H,12-21,24-26H2,1-5H3,(H,51,58)(H,52,57,59). The predicted octanol–water partition coefficient (Wildman–Crippen LogP) is 6.70. The molecule has 0 bridgehead atoms. The molecule has 2 aromatic heterocycles. The number of pyridine rings is 1. The highest BCUT2D eigenvalue weighted by Gasteiger charge is 2.49. The lowest BCUT2D eigenvalue weighted by molar-refractivity contribution is -0.136. The summed E-state index contributed by atoms with van der Waals surface area (Å²) in [6.45, 7) is 12.9. The van der Waals surface area contributed by atoms with Gasteiger partial charge in [0.05, 0.1) is 28.3 Å². The normalized spacial score (nSPS) is 23.4. The van der Waals surface area contributed by atoms with Crippen LogP contribution in [0.2, 0.25) is 0 Å². The largest absolute Gasteiger partial charge is 0.386 e. The highest BCUT2D eigenvalue weighted by molar-refractivity contribution is 6.25. The molecule has 1 spiro atoms. The van der Waals surface area contributed by atoms with E-state index in [2.05, 4.69) is 57.5 Å². The number of nitrogens with zero attached hydrogens (tertiary/aromatic N) is 5. The Balaban J connectivity index is 0.766. The molecule has 3 aliphatic heterocycles. The minimum atomic E-state index is -1.21. The summed E-state index contributed by atoms with van der Waals surface area (Å²) >= 11 is 0. The summed E-state index contributed by atoms with van der Waals surface area (Å²) in [5.74, 6) is -1.65. The molecule has 5 heterocycles. The van der Waals surface area contributed by atoms with Crippen LogP contribution in [0.1, 0.15) is 147 Å². The Labute approximate surface area is 362 Å². The molecule has 5 aliphatic rings. The van der Waals surface area contributed by atoms with Crippen LogP contribution in [0.5, 0.6) is 0 Å². The molecule has 14 nitrogen and oxygen atoms in total. The summed E-state index contributed by atoms with van der Waals surface area (Å²) in [6, 6.07) is 14.1. The first kappa shape index (κ1) is 41.9. The van der Waals surface area contributed by atoms with Crippen molar-refractivity contribution >= 4 is 51.8 Å². The van der Waals surface area contributed by atoms with Crippen molar-refractivity contribution in [3.63, 3.8) is 0 Å². The van der Waals surface area contributed by atoms with E-state index in [1.165, 1.54) is 0 Å².